The molecule has 0 radical (unpaired) electrons. The Morgan fingerprint density at radius 2 is 1.86 bits per heavy atom. The van der Waals surface area contributed by atoms with Crippen molar-refractivity contribution in [3.63, 3.8) is 0 Å². The summed E-state index contributed by atoms with van der Waals surface area (Å²) in [6, 6.07) is 14.0. The lowest BCUT2D eigenvalue weighted by Crippen LogP contribution is -2.33. The van der Waals surface area contributed by atoms with Gasteiger partial charge in [0.2, 0.25) is 5.91 Å². The van der Waals surface area contributed by atoms with Crippen LogP contribution in [0.15, 0.2) is 54.6 Å². The maximum Gasteiger partial charge on any atom is 0.235 e. The van der Waals surface area contributed by atoms with Crippen LogP contribution in [0.2, 0.25) is 5.02 Å². The molecule has 0 saturated heterocycles. The lowest BCUT2D eigenvalue weighted by atomic mass is 9.78. The quantitative estimate of drug-likeness (QED) is 0.591. The Kier molecular flexibility index (Phi) is 4.79. The summed E-state index contributed by atoms with van der Waals surface area (Å²) < 4.78 is 32.8. The summed E-state index contributed by atoms with van der Waals surface area (Å²) in [6.07, 6.45) is 0.389. The van der Waals surface area contributed by atoms with Crippen molar-refractivity contribution < 1.29 is 18.3 Å². The van der Waals surface area contributed by atoms with Crippen LogP contribution in [0.5, 0.6) is 5.75 Å². The highest BCUT2D eigenvalue weighted by atomic mass is 35.5. The van der Waals surface area contributed by atoms with Crippen LogP contribution in [0.1, 0.15) is 18.1 Å². The Bertz CT molecular complexity index is 1130. The predicted molar refractivity (Wildman–Crippen MR) is 109 cm³/mol. The molecule has 29 heavy (non-hydrogen) atoms. The van der Waals surface area contributed by atoms with Crippen LogP contribution in [-0.2, 0) is 16.6 Å². The second kappa shape index (κ2) is 7.16. The van der Waals surface area contributed by atoms with Gasteiger partial charge in [0.15, 0.2) is 0 Å². The molecule has 6 heteroatoms. The molecule has 0 spiro atoms. The molecule has 4 rings (SSSR count). The zero-order valence-electron chi connectivity index (χ0n) is 15.9. The first kappa shape index (κ1) is 19.4. The highest BCUT2D eigenvalue weighted by molar-refractivity contribution is 6.30. The number of carbonyl (C=O) groups is 1. The first-order valence-electron chi connectivity index (χ1n) is 9.05. The lowest BCUT2D eigenvalue weighted by Gasteiger charge is -2.23. The molecule has 0 aliphatic carbocycles. The first-order valence-corrected chi connectivity index (χ1v) is 9.43. The van der Waals surface area contributed by atoms with E-state index in [-0.39, 0.29) is 11.5 Å². The van der Waals surface area contributed by atoms with Gasteiger partial charge in [0, 0.05) is 22.3 Å². The van der Waals surface area contributed by atoms with E-state index in [1.807, 2.05) is 13.0 Å². The van der Waals surface area contributed by atoms with Crippen molar-refractivity contribution in [2.75, 3.05) is 12.4 Å². The van der Waals surface area contributed by atoms with Gasteiger partial charge in [-0.25, -0.2) is 8.78 Å². The van der Waals surface area contributed by atoms with Crippen molar-refractivity contribution in [3.05, 3.63) is 82.4 Å². The van der Waals surface area contributed by atoms with E-state index in [0.717, 1.165) is 17.2 Å². The average molecular weight is 414 g/mol. The van der Waals surface area contributed by atoms with Crippen LogP contribution in [0.25, 0.3) is 11.1 Å². The Morgan fingerprint density at radius 3 is 2.59 bits per heavy atom. The van der Waals surface area contributed by atoms with E-state index in [9.17, 15) is 13.6 Å². The minimum absolute atomic E-state index is 0.161. The van der Waals surface area contributed by atoms with Crippen molar-refractivity contribution in [3.8, 4) is 16.9 Å². The second-order valence-corrected chi connectivity index (χ2v) is 7.74. The van der Waals surface area contributed by atoms with E-state index in [1.165, 1.54) is 12.1 Å². The SMILES string of the molecule is COc1ccc(Cl)cc1CC1(C)C(=O)Nc2cc(-c3ccc(F)cc3F)ccc21. The van der Waals surface area contributed by atoms with Gasteiger partial charge < -0.3 is 10.1 Å². The Morgan fingerprint density at radius 1 is 1.07 bits per heavy atom. The van der Waals surface area contributed by atoms with Crippen LogP contribution in [0.3, 0.4) is 0 Å². The van der Waals surface area contributed by atoms with Gasteiger partial charge in [-0.15, -0.1) is 0 Å². The number of halogens is 3. The Hall–Kier alpha value is -2.92. The molecule has 0 fully saturated rings. The van der Waals surface area contributed by atoms with Crippen molar-refractivity contribution in [2.24, 2.45) is 0 Å². The molecule has 1 aliphatic heterocycles. The van der Waals surface area contributed by atoms with Gasteiger partial charge in [-0.2, -0.15) is 0 Å². The van der Waals surface area contributed by atoms with Crippen LogP contribution < -0.4 is 10.1 Å². The van der Waals surface area contributed by atoms with Crippen LogP contribution in [0, 0.1) is 11.6 Å². The fourth-order valence-corrected chi connectivity index (χ4v) is 4.04. The van der Waals surface area contributed by atoms with Gasteiger partial charge in [-0.05, 0) is 66.4 Å². The first-order chi connectivity index (χ1) is 13.8. The van der Waals surface area contributed by atoms with Gasteiger partial charge in [-0.3, -0.25) is 4.79 Å². The Balaban J connectivity index is 1.74. The highest BCUT2D eigenvalue weighted by Crippen LogP contribution is 2.43. The number of carbonyl (C=O) groups excluding carboxylic acids is 1. The molecule has 3 aromatic rings. The molecule has 1 atom stereocenters. The number of ether oxygens (including phenoxy) is 1. The van der Waals surface area contributed by atoms with E-state index in [1.54, 1.807) is 37.4 Å². The molecular formula is C23H18ClF2NO2. The summed E-state index contributed by atoms with van der Waals surface area (Å²) in [5, 5.41) is 3.45. The monoisotopic (exact) mass is 413 g/mol. The summed E-state index contributed by atoms with van der Waals surface area (Å²) in [5.74, 6) is -0.794. The van der Waals surface area contributed by atoms with Crippen LogP contribution in [0.4, 0.5) is 14.5 Å². The molecule has 1 N–H and O–H groups in total. The van der Waals surface area contributed by atoms with E-state index >= 15 is 0 Å². The second-order valence-electron chi connectivity index (χ2n) is 7.30. The molecule has 3 aromatic carbocycles. The fourth-order valence-electron chi connectivity index (χ4n) is 3.84. The molecule has 3 nitrogen and oxygen atoms in total. The highest BCUT2D eigenvalue weighted by Gasteiger charge is 2.43. The number of anilines is 1. The summed E-state index contributed by atoms with van der Waals surface area (Å²) in [4.78, 5) is 12.9. The molecule has 1 aliphatic rings. The zero-order valence-corrected chi connectivity index (χ0v) is 16.6. The van der Waals surface area contributed by atoms with E-state index in [0.29, 0.717) is 28.4 Å². The molecule has 148 valence electrons. The summed E-state index contributed by atoms with van der Waals surface area (Å²) >= 11 is 6.14. The molecule has 1 amide bonds. The minimum atomic E-state index is -0.840. The standard InChI is InChI=1S/C23H18ClF2NO2/c1-23(12-14-9-15(24)4-8-21(14)29-2)18-7-3-13(10-20(18)27-22(23)28)17-6-5-16(25)11-19(17)26/h3-11H,12H2,1-2H3,(H,27,28). The molecule has 1 heterocycles. The number of hydrogen-bond acceptors (Lipinski definition) is 2. The van der Waals surface area contributed by atoms with E-state index in [4.69, 9.17) is 16.3 Å². The number of benzene rings is 3. The Labute approximate surface area is 172 Å². The van der Waals surface area contributed by atoms with Gasteiger partial charge in [-0.1, -0.05) is 23.7 Å². The van der Waals surface area contributed by atoms with Crippen LogP contribution >= 0.6 is 11.6 Å². The zero-order chi connectivity index (χ0) is 20.8. The maximum atomic E-state index is 14.2. The van der Waals surface area contributed by atoms with Gasteiger partial charge in [0.05, 0.1) is 12.5 Å². The third-order valence-electron chi connectivity index (χ3n) is 5.39. The minimum Gasteiger partial charge on any atom is -0.496 e. The molecule has 1 unspecified atom stereocenters. The topological polar surface area (TPSA) is 38.3 Å². The normalized spacial score (nSPS) is 17.8. The number of nitrogens with one attached hydrogen (secondary N) is 1. The molecule has 0 bridgehead atoms. The smallest absolute Gasteiger partial charge is 0.235 e. The van der Waals surface area contributed by atoms with Crippen LogP contribution in [-0.4, -0.2) is 13.0 Å². The van der Waals surface area contributed by atoms with Crippen molar-refractivity contribution in [1.29, 1.82) is 0 Å². The van der Waals surface area contributed by atoms with Crippen molar-refractivity contribution >= 4 is 23.2 Å². The number of hydrogen-bond donors (Lipinski definition) is 1. The van der Waals surface area contributed by atoms with Crippen molar-refractivity contribution in [2.45, 2.75) is 18.8 Å². The van der Waals surface area contributed by atoms with Gasteiger partial charge in [0.1, 0.15) is 17.4 Å². The molecule has 0 aromatic heterocycles. The molecular weight excluding hydrogens is 396 g/mol. The van der Waals surface area contributed by atoms with E-state index in [2.05, 4.69) is 5.32 Å². The van der Waals surface area contributed by atoms with E-state index < -0.39 is 17.0 Å². The van der Waals surface area contributed by atoms with Crippen molar-refractivity contribution in [1.82, 2.24) is 0 Å². The maximum absolute atomic E-state index is 14.2. The fraction of sp³-hybridized carbons (Fsp3) is 0.174. The number of fused-ring (bicyclic) bond motifs is 1. The average Bonchev–Trinajstić information content (AvgIpc) is 2.91. The largest absolute Gasteiger partial charge is 0.496 e. The number of rotatable bonds is 4. The summed E-state index contributed by atoms with van der Waals surface area (Å²) in [6.45, 7) is 1.85. The number of methoxy groups -OCH3 is 1. The lowest BCUT2D eigenvalue weighted by molar-refractivity contribution is -0.120. The summed E-state index contributed by atoms with van der Waals surface area (Å²) in [7, 11) is 1.57. The third kappa shape index (κ3) is 3.36. The number of amides is 1. The van der Waals surface area contributed by atoms with Gasteiger partial charge >= 0.3 is 0 Å². The summed E-state index contributed by atoms with van der Waals surface area (Å²) in [5.41, 5.74) is 2.22. The molecule has 0 saturated carbocycles. The third-order valence-corrected chi connectivity index (χ3v) is 5.63. The van der Waals surface area contributed by atoms with Gasteiger partial charge in [0.25, 0.3) is 0 Å². The predicted octanol–water partition coefficient (Wildman–Crippen LogP) is 5.75.